The zero-order valence-corrected chi connectivity index (χ0v) is 18.1. The number of nitrogens with zero attached hydrogens (tertiary/aromatic N) is 2. The minimum absolute atomic E-state index is 0.0876. The van der Waals surface area contributed by atoms with Crippen LogP contribution in [0, 0.1) is 10.8 Å². The van der Waals surface area contributed by atoms with Crippen molar-refractivity contribution in [2.75, 3.05) is 0 Å². The van der Waals surface area contributed by atoms with E-state index >= 15 is 0 Å². The monoisotopic (exact) mass is 362 g/mol. The summed E-state index contributed by atoms with van der Waals surface area (Å²) >= 11 is 0. The maximum Gasteiger partial charge on any atom is 0.159 e. The molecule has 1 aliphatic rings. The van der Waals surface area contributed by atoms with Crippen LogP contribution in [0.4, 0.5) is 0 Å². The van der Waals surface area contributed by atoms with Gasteiger partial charge >= 0.3 is 0 Å². The highest BCUT2D eigenvalue weighted by molar-refractivity contribution is 6.11. The number of hydrogen-bond acceptors (Lipinski definition) is 1. The Morgan fingerprint density at radius 2 is 1.59 bits per heavy atom. The third kappa shape index (κ3) is 5.89. The molecule has 2 nitrogen and oxygen atoms in total. The SMILES string of the molecule is C=C(N=C(N=C(C)C1=CC(C(C)(C)C)=CCC1)c1ccccc1)C(C)(C)C. The van der Waals surface area contributed by atoms with Gasteiger partial charge in [-0.25, -0.2) is 9.98 Å². The van der Waals surface area contributed by atoms with E-state index in [0.717, 1.165) is 35.6 Å². The highest BCUT2D eigenvalue weighted by Crippen LogP contribution is 2.32. The summed E-state index contributed by atoms with van der Waals surface area (Å²) in [5.74, 6) is 0.737. The molecule has 0 saturated carbocycles. The number of aliphatic imine (C=N–C) groups is 2. The van der Waals surface area contributed by atoms with Crippen molar-refractivity contribution in [1.82, 2.24) is 0 Å². The second kappa shape index (κ2) is 8.21. The lowest BCUT2D eigenvalue weighted by Crippen LogP contribution is -2.14. The van der Waals surface area contributed by atoms with Gasteiger partial charge in [-0.05, 0) is 36.3 Å². The van der Waals surface area contributed by atoms with E-state index in [4.69, 9.17) is 9.98 Å². The van der Waals surface area contributed by atoms with E-state index in [-0.39, 0.29) is 10.8 Å². The van der Waals surface area contributed by atoms with Gasteiger partial charge in [0.1, 0.15) is 0 Å². The molecule has 1 aromatic rings. The van der Waals surface area contributed by atoms with Crippen LogP contribution in [0.1, 0.15) is 66.9 Å². The molecule has 0 atom stereocenters. The average molecular weight is 363 g/mol. The van der Waals surface area contributed by atoms with Crippen LogP contribution in [0.3, 0.4) is 0 Å². The molecule has 0 bridgehead atoms. The third-order valence-corrected chi connectivity index (χ3v) is 4.85. The normalized spacial score (nSPS) is 16.7. The van der Waals surface area contributed by atoms with Gasteiger partial charge in [0.25, 0.3) is 0 Å². The van der Waals surface area contributed by atoms with Gasteiger partial charge in [-0.15, -0.1) is 0 Å². The second-order valence-electron chi connectivity index (χ2n) is 9.31. The standard InChI is InChI=1S/C25H34N2/c1-18(21-15-12-16-22(17-21)25(6,7)8)26-23(20-13-10-9-11-14-20)27-19(2)24(3,4)5/h9-11,13-14,16-17H,2,12,15H2,1,3-8H3. The number of allylic oxidation sites excluding steroid dienone is 5. The first kappa shape index (κ1) is 21.1. The first-order valence-electron chi connectivity index (χ1n) is 9.79. The van der Waals surface area contributed by atoms with E-state index in [9.17, 15) is 0 Å². The molecule has 0 aliphatic heterocycles. The summed E-state index contributed by atoms with van der Waals surface area (Å²) in [6, 6.07) is 10.2. The molecule has 1 aromatic carbocycles. The second-order valence-corrected chi connectivity index (χ2v) is 9.31. The van der Waals surface area contributed by atoms with Crippen molar-refractivity contribution < 1.29 is 0 Å². The van der Waals surface area contributed by atoms with Crippen LogP contribution in [0.15, 0.2) is 75.9 Å². The van der Waals surface area contributed by atoms with Gasteiger partial charge in [-0.3, -0.25) is 0 Å². The van der Waals surface area contributed by atoms with E-state index in [2.05, 4.69) is 79.3 Å². The minimum Gasteiger partial charge on any atom is -0.233 e. The molecular weight excluding hydrogens is 328 g/mol. The van der Waals surface area contributed by atoms with Crippen LogP contribution in [-0.4, -0.2) is 11.5 Å². The van der Waals surface area contributed by atoms with E-state index < -0.39 is 0 Å². The fourth-order valence-electron chi connectivity index (χ4n) is 2.78. The van der Waals surface area contributed by atoms with Crippen molar-refractivity contribution in [3.05, 3.63) is 71.5 Å². The van der Waals surface area contributed by atoms with Gasteiger partial charge in [0.2, 0.25) is 0 Å². The molecule has 1 aliphatic carbocycles. The van der Waals surface area contributed by atoms with Crippen molar-refractivity contribution in [2.24, 2.45) is 20.8 Å². The fraction of sp³-hybridized carbons (Fsp3) is 0.440. The van der Waals surface area contributed by atoms with Gasteiger partial charge in [0, 0.05) is 22.4 Å². The van der Waals surface area contributed by atoms with Crippen LogP contribution >= 0.6 is 0 Å². The van der Waals surface area contributed by atoms with Crippen molar-refractivity contribution in [3.63, 3.8) is 0 Å². The maximum atomic E-state index is 4.95. The lowest BCUT2D eigenvalue weighted by atomic mass is 9.81. The first-order chi connectivity index (χ1) is 12.5. The largest absolute Gasteiger partial charge is 0.233 e. The summed E-state index contributed by atoms with van der Waals surface area (Å²) in [6.45, 7) is 19.4. The maximum absolute atomic E-state index is 4.95. The Labute approximate surface area is 165 Å². The van der Waals surface area contributed by atoms with Crippen LogP contribution in [0.25, 0.3) is 0 Å². The number of benzene rings is 1. The Balaban J connectivity index is 2.45. The minimum atomic E-state index is -0.0876. The van der Waals surface area contributed by atoms with Gasteiger partial charge in [-0.1, -0.05) is 90.6 Å². The topological polar surface area (TPSA) is 24.7 Å². The van der Waals surface area contributed by atoms with Gasteiger partial charge < -0.3 is 0 Å². The van der Waals surface area contributed by atoms with Crippen LogP contribution in [0.2, 0.25) is 0 Å². The molecule has 27 heavy (non-hydrogen) atoms. The summed E-state index contributed by atoms with van der Waals surface area (Å²) in [4.78, 5) is 9.76. The zero-order chi connectivity index (χ0) is 20.2. The van der Waals surface area contributed by atoms with Crippen molar-refractivity contribution in [3.8, 4) is 0 Å². The highest BCUT2D eigenvalue weighted by Gasteiger charge is 2.20. The molecule has 0 spiro atoms. The highest BCUT2D eigenvalue weighted by atomic mass is 14.9. The third-order valence-electron chi connectivity index (χ3n) is 4.85. The summed E-state index contributed by atoms with van der Waals surface area (Å²) in [5.41, 5.74) is 5.65. The Kier molecular flexibility index (Phi) is 6.41. The molecule has 0 saturated heterocycles. The Morgan fingerprint density at radius 3 is 2.15 bits per heavy atom. The van der Waals surface area contributed by atoms with E-state index in [0.29, 0.717) is 0 Å². The van der Waals surface area contributed by atoms with Crippen LogP contribution in [0.5, 0.6) is 0 Å². The smallest absolute Gasteiger partial charge is 0.159 e. The Hall–Kier alpha value is -2.22. The van der Waals surface area contributed by atoms with Crippen molar-refractivity contribution >= 4 is 11.5 Å². The molecule has 0 aromatic heterocycles. The number of amidine groups is 1. The van der Waals surface area contributed by atoms with Gasteiger partial charge in [0.05, 0.1) is 0 Å². The summed E-state index contributed by atoms with van der Waals surface area (Å²) < 4.78 is 0. The molecule has 2 heteroatoms. The lowest BCUT2D eigenvalue weighted by molar-refractivity contribution is 0.500. The quantitative estimate of drug-likeness (QED) is 0.403. The predicted octanol–water partition coefficient (Wildman–Crippen LogP) is 7.15. The molecule has 0 amide bonds. The van der Waals surface area contributed by atoms with E-state index in [1.807, 2.05) is 18.2 Å². The van der Waals surface area contributed by atoms with Gasteiger partial charge in [-0.2, -0.15) is 0 Å². The molecule has 0 N–H and O–H groups in total. The first-order valence-corrected chi connectivity index (χ1v) is 9.79. The number of hydrogen-bond donors (Lipinski definition) is 0. The Bertz CT molecular complexity index is 804. The zero-order valence-electron chi connectivity index (χ0n) is 18.1. The van der Waals surface area contributed by atoms with Crippen LogP contribution < -0.4 is 0 Å². The molecule has 144 valence electrons. The molecular formula is C25H34N2. The fourth-order valence-corrected chi connectivity index (χ4v) is 2.78. The molecule has 0 heterocycles. The molecule has 0 fully saturated rings. The molecule has 0 unspecified atom stereocenters. The van der Waals surface area contributed by atoms with Crippen molar-refractivity contribution in [1.29, 1.82) is 0 Å². The summed E-state index contributed by atoms with van der Waals surface area (Å²) in [7, 11) is 0. The molecule has 2 rings (SSSR count). The Morgan fingerprint density at radius 1 is 0.963 bits per heavy atom. The van der Waals surface area contributed by atoms with Crippen molar-refractivity contribution in [2.45, 2.75) is 61.3 Å². The summed E-state index contributed by atoms with van der Waals surface area (Å²) in [6.07, 6.45) is 6.75. The lowest BCUT2D eigenvalue weighted by Gasteiger charge is -2.25. The van der Waals surface area contributed by atoms with E-state index in [1.54, 1.807) is 0 Å². The summed E-state index contributed by atoms with van der Waals surface area (Å²) in [5, 5.41) is 0. The molecule has 0 radical (unpaired) electrons. The number of rotatable bonds is 3. The average Bonchev–Trinajstić information content (AvgIpc) is 2.60. The van der Waals surface area contributed by atoms with E-state index in [1.165, 1.54) is 11.1 Å². The van der Waals surface area contributed by atoms with Gasteiger partial charge in [0.15, 0.2) is 5.84 Å². The van der Waals surface area contributed by atoms with Crippen LogP contribution in [-0.2, 0) is 0 Å². The predicted molar refractivity (Wildman–Crippen MR) is 120 cm³/mol.